The monoisotopic (exact) mass is 264 g/mol. The van der Waals surface area contributed by atoms with E-state index in [2.05, 4.69) is 49.2 Å². The Morgan fingerprint density at radius 3 is 2.89 bits per heavy atom. The minimum absolute atomic E-state index is 0.610. The highest BCUT2D eigenvalue weighted by Gasteiger charge is 2.22. The predicted octanol–water partition coefficient (Wildman–Crippen LogP) is 3.33. The summed E-state index contributed by atoms with van der Waals surface area (Å²) in [6.07, 6.45) is 0. The summed E-state index contributed by atoms with van der Waals surface area (Å²) in [6.45, 7) is 10.1. The van der Waals surface area contributed by atoms with E-state index in [1.54, 1.807) is 0 Å². The van der Waals surface area contributed by atoms with Gasteiger partial charge in [0.15, 0.2) is 0 Å². The molecular formula is C15H24N2S. The number of nitrogens with one attached hydrogen (secondary N) is 1. The van der Waals surface area contributed by atoms with E-state index in [0.29, 0.717) is 11.2 Å². The first-order valence-electron chi connectivity index (χ1n) is 6.82. The minimum atomic E-state index is 0.610. The zero-order chi connectivity index (χ0) is 13.1. The molecule has 0 aromatic heterocycles. The SMILES string of the molecule is CNCCN1CC(C)Sc2cc(C(C)C)ccc21. The molecule has 1 N–H and O–H groups in total. The van der Waals surface area contributed by atoms with Crippen molar-refractivity contribution >= 4 is 17.4 Å². The second-order valence-corrected chi connectivity index (χ2v) is 6.84. The average molecular weight is 264 g/mol. The number of hydrogen-bond acceptors (Lipinski definition) is 3. The fourth-order valence-electron chi connectivity index (χ4n) is 2.37. The van der Waals surface area contributed by atoms with Crippen LogP contribution in [0.4, 0.5) is 5.69 Å². The van der Waals surface area contributed by atoms with Crippen LogP contribution < -0.4 is 10.2 Å². The molecule has 1 aliphatic rings. The smallest absolute Gasteiger partial charge is 0.0505 e. The van der Waals surface area contributed by atoms with Gasteiger partial charge in [-0.1, -0.05) is 26.8 Å². The largest absolute Gasteiger partial charge is 0.368 e. The average Bonchev–Trinajstić information content (AvgIpc) is 2.34. The third-order valence-corrected chi connectivity index (χ3v) is 4.56. The summed E-state index contributed by atoms with van der Waals surface area (Å²) in [4.78, 5) is 3.97. The number of rotatable bonds is 4. The lowest BCUT2D eigenvalue weighted by Crippen LogP contribution is -2.37. The Bertz CT molecular complexity index is 403. The maximum atomic E-state index is 3.24. The van der Waals surface area contributed by atoms with Crippen molar-refractivity contribution in [3.8, 4) is 0 Å². The molecule has 1 heterocycles. The van der Waals surface area contributed by atoms with Crippen molar-refractivity contribution in [3.05, 3.63) is 23.8 Å². The van der Waals surface area contributed by atoms with E-state index in [9.17, 15) is 0 Å². The predicted molar refractivity (Wildman–Crippen MR) is 82.0 cm³/mol. The van der Waals surface area contributed by atoms with Crippen molar-refractivity contribution in [2.24, 2.45) is 0 Å². The Morgan fingerprint density at radius 1 is 1.44 bits per heavy atom. The van der Waals surface area contributed by atoms with Crippen LogP contribution in [0.25, 0.3) is 0 Å². The van der Waals surface area contributed by atoms with Gasteiger partial charge in [-0.3, -0.25) is 0 Å². The van der Waals surface area contributed by atoms with Crippen molar-refractivity contribution < 1.29 is 0 Å². The number of nitrogens with zero attached hydrogens (tertiary/aromatic N) is 1. The Labute approximate surface area is 115 Å². The van der Waals surface area contributed by atoms with E-state index in [1.807, 2.05) is 18.8 Å². The second-order valence-electron chi connectivity index (χ2n) is 5.36. The molecule has 1 aromatic carbocycles. The van der Waals surface area contributed by atoms with Crippen LogP contribution in [0.15, 0.2) is 23.1 Å². The summed E-state index contributed by atoms with van der Waals surface area (Å²) >= 11 is 2.02. The Hall–Kier alpha value is -0.670. The number of fused-ring (bicyclic) bond motifs is 1. The second kappa shape index (κ2) is 5.98. The van der Waals surface area contributed by atoms with E-state index in [1.165, 1.54) is 16.1 Å². The van der Waals surface area contributed by atoms with Crippen molar-refractivity contribution in [1.82, 2.24) is 5.32 Å². The highest BCUT2D eigenvalue weighted by Crippen LogP contribution is 2.39. The van der Waals surface area contributed by atoms with Crippen LogP contribution in [-0.4, -0.2) is 31.9 Å². The molecule has 0 radical (unpaired) electrons. The quantitative estimate of drug-likeness (QED) is 0.898. The molecule has 100 valence electrons. The maximum absolute atomic E-state index is 3.24. The molecule has 1 aliphatic heterocycles. The first-order valence-corrected chi connectivity index (χ1v) is 7.70. The lowest BCUT2D eigenvalue weighted by atomic mass is 10.0. The van der Waals surface area contributed by atoms with Crippen LogP contribution >= 0.6 is 11.8 Å². The molecule has 0 aliphatic carbocycles. The highest BCUT2D eigenvalue weighted by molar-refractivity contribution is 8.00. The van der Waals surface area contributed by atoms with E-state index in [0.717, 1.165) is 19.6 Å². The third kappa shape index (κ3) is 3.01. The number of likely N-dealkylation sites (N-methyl/N-ethyl adjacent to an activating group) is 1. The number of hydrogen-bond donors (Lipinski definition) is 1. The lowest BCUT2D eigenvalue weighted by molar-refractivity contribution is 0.703. The standard InChI is InChI=1S/C15H24N2S/c1-11(2)13-5-6-14-15(9-13)18-12(3)10-17(14)8-7-16-4/h5-6,9,11-12,16H,7-8,10H2,1-4H3. The van der Waals surface area contributed by atoms with Gasteiger partial charge in [0.1, 0.15) is 0 Å². The molecular weight excluding hydrogens is 240 g/mol. The molecule has 2 rings (SSSR count). The molecule has 0 saturated heterocycles. The molecule has 1 aromatic rings. The van der Waals surface area contributed by atoms with Gasteiger partial charge >= 0.3 is 0 Å². The van der Waals surface area contributed by atoms with Gasteiger partial charge in [0.25, 0.3) is 0 Å². The molecule has 3 heteroatoms. The van der Waals surface area contributed by atoms with Gasteiger partial charge in [-0.05, 0) is 30.7 Å². The van der Waals surface area contributed by atoms with Crippen molar-refractivity contribution in [3.63, 3.8) is 0 Å². The summed E-state index contributed by atoms with van der Waals surface area (Å²) in [7, 11) is 2.02. The van der Waals surface area contributed by atoms with E-state index < -0.39 is 0 Å². The molecule has 0 bridgehead atoms. The van der Waals surface area contributed by atoms with Crippen LogP contribution in [-0.2, 0) is 0 Å². The normalized spacial score (nSPS) is 19.2. The number of anilines is 1. The molecule has 2 nitrogen and oxygen atoms in total. The maximum Gasteiger partial charge on any atom is 0.0505 e. The Morgan fingerprint density at radius 2 is 2.22 bits per heavy atom. The lowest BCUT2D eigenvalue weighted by Gasteiger charge is -2.34. The van der Waals surface area contributed by atoms with Crippen LogP contribution in [0.1, 0.15) is 32.3 Å². The molecule has 0 spiro atoms. The van der Waals surface area contributed by atoms with Crippen LogP contribution in [0, 0.1) is 0 Å². The van der Waals surface area contributed by atoms with Gasteiger partial charge in [0.05, 0.1) is 5.69 Å². The first-order chi connectivity index (χ1) is 8.61. The summed E-state index contributed by atoms with van der Waals surface area (Å²) in [6, 6.07) is 6.97. The first kappa shape index (κ1) is 13.8. The van der Waals surface area contributed by atoms with E-state index >= 15 is 0 Å². The van der Waals surface area contributed by atoms with Gasteiger partial charge in [-0.2, -0.15) is 0 Å². The minimum Gasteiger partial charge on any atom is -0.368 e. The fourth-order valence-corrected chi connectivity index (χ4v) is 3.58. The molecule has 1 atom stereocenters. The van der Waals surface area contributed by atoms with Gasteiger partial charge in [0, 0.05) is 29.8 Å². The summed E-state index contributed by atoms with van der Waals surface area (Å²) in [5, 5.41) is 3.92. The van der Waals surface area contributed by atoms with E-state index in [4.69, 9.17) is 0 Å². The zero-order valence-corrected chi connectivity index (χ0v) is 12.7. The molecule has 0 amide bonds. The van der Waals surface area contributed by atoms with Crippen LogP contribution in [0.5, 0.6) is 0 Å². The summed E-state index contributed by atoms with van der Waals surface area (Å²) < 4.78 is 0. The van der Waals surface area contributed by atoms with Crippen molar-refractivity contribution in [2.45, 2.75) is 36.8 Å². The topological polar surface area (TPSA) is 15.3 Å². The van der Waals surface area contributed by atoms with E-state index in [-0.39, 0.29) is 0 Å². The van der Waals surface area contributed by atoms with Gasteiger partial charge in [-0.15, -0.1) is 11.8 Å². The number of thioether (sulfide) groups is 1. The van der Waals surface area contributed by atoms with Crippen molar-refractivity contribution in [2.75, 3.05) is 31.6 Å². The van der Waals surface area contributed by atoms with Gasteiger partial charge in [-0.25, -0.2) is 0 Å². The molecule has 0 saturated carbocycles. The summed E-state index contributed by atoms with van der Waals surface area (Å²) in [5.41, 5.74) is 2.86. The van der Waals surface area contributed by atoms with Gasteiger partial charge in [0.2, 0.25) is 0 Å². The summed E-state index contributed by atoms with van der Waals surface area (Å²) in [5.74, 6) is 0.610. The fraction of sp³-hybridized carbons (Fsp3) is 0.600. The van der Waals surface area contributed by atoms with Crippen LogP contribution in [0.3, 0.4) is 0 Å². The Kier molecular flexibility index (Phi) is 4.57. The highest BCUT2D eigenvalue weighted by atomic mass is 32.2. The van der Waals surface area contributed by atoms with Crippen LogP contribution in [0.2, 0.25) is 0 Å². The van der Waals surface area contributed by atoms with Gasteiger partial charge < -0.3 is 10.2 Å². The Balaban J connectivity index is 2.26. The molecule has 0 fully saturated rings. The third-order valence-electron chi connectivity index (χ3n) is 3.43. The van der Waals surface area contributed by atoms with Crippen molar-refractivity contribution in [1.29, 1.82) is 0 Å². The zero-order valence-electron chi connectivity index (χ0n) is 11.9. The number of benzene rings is 1. The molecule has 1 unspecified atom stereocenters. The molecule has 18 heavy (non-hydrogen) atoms.